The molecule has 1 atom stereocenters. The Hall–Kier alpha value is -1.88. The molecule has 1 N–H and O–H groups in total. The Morgan fingerprint density at radius 3 is 3.04 bits per heavy atom. The maximum Gasteiger partial charge on any atom is 0.223 e. The third kappa shape index (κ3) is 3.39. The van der Waals surface area contributed by atoms with Crippen LogP contribution in [-0.4, -0.2) is 47.1 Å². The summed E-state index contributed by atoms with van der Waals surface area (Å²) in [6.45, 7) is 5.74. The molecule has 0 saturated carbocycles. The van der Waals surface area contributed by atoms with Gasteiger partial charge in [-0.05, 0) is 43.9 Å². The molecule has 1 amide bonds. The highest BCUT2D eigenvalue weighted by atomic mass is 16.5. The molecule has 124 valence electrons. The lowest BCUT2D eigenvalue weighted by molar-refractivity contribution is -0.134. The Balaban J connectivity index is 1.64. The third-order valence-electron chi connectivity index (χ3n) is 4.87. The van der Waals surface area contributed by atoms with Gasteiger partial charge in [-0.15, -0.1) is 0 Å². The number of aromatic nitrogens is 2. The highest BCUT2D eigenvalue weighted by Crippen LogP contribution is 2.20. The van der Waals surface area contributed by atoms with Crippen molar-refractivity contribution in [1.82, 2.24) is 14.9 Å². The number of rotatable bonds is 4. The number of carbonyl (C=O) groups excluding carboxylic acids is 1. The van der Waals surface area contributed by atoms with E-state index < -0.39 is 0 Å². The van der Waals surface area contributed by atoms with Crippen molar-refractivity contribution in [2.24, 2.45) is 0 Å². The van der Waals surface area contributed by atoms with E-state index in [1.54, 1.807) is 7.11 Å². The number of aromatic amines is 1. The summed E-state index contributed by atoms with van der Waals surface area (Å²) in [5, 5.41) is 0. The molecule has 1 saturated heterocycles. The van der Waals surface area contributed by atoms with E-state index in [2.05, 4.69) is 35.9 Å². The molecule has 0 aliphatic carbocycles. The van der Waals surface area contributed by atoms with Crippen LogP contribution in [-0.2, 0) is 16.0 Å². The van der Waals surface area contributed by atoms with E-state index in [1.807, 2.05) is 4.90 Å². The van der Waals surface area contributed by atoms with Crippen LogP contribution in [0.1, 0.15) is 36.2 Å². The lowest BCUT2D eigenvalue weighted by Crippen LogP contribution is -2.43. The van der Waals surface area contributed by atoms with Crippen molar-refractivity contribution in [2.45, 2.75) is 45.6 Å². The Morgan fingerprint density at radius 1 is 1.43 bits per heavy atom. The smallest absolute Gasteiger partial charge is 0.223 e. The van der Waals surface area contributed by atoms with Crippen molar-refractivity contribution in [1.29, 1.82) is 0 Å². The van der Waals surface area contributed by atoms with E-state index in [1.165, 1.54) is 11.1 Å². The second kappa shape index (κ2) is 6.71. The van der Waals surface area contributed by atoms with Crippen LogP contribution in [0, 0.1) is 13.8 Å². The fourth-order valence-electron chi connectivity index (χ4n) is 3.22. The summed E-state index contributed by atoms with van der Waals surface area (Å²) >= 11 is 0. The molecule has 2 heterocycles. The average molecular weight is 315 g/mol. The zero-order chi connectivity index (χ0) is 16.4. The molecule has 1 aliphatic rings. The normalized spacial score (nSPS) is 18.6. The van der Waals surface area contributed by atoms with Crippen molar-refractivity contribution in [3.63, 3.8) is 0 Å². The first-order chi connectivity index (χ1) is 11.1. The van der Waals surface area contributed by atoms with Gasteiger partial charge in [-0.1, -0.05) is 6.07 Å². The van der Waals surface area contributed by atoms with Gasteiger partial charge in [0.2, 0.25) is 5.91 Å². The van der Waals surface area contributed by atoms with Gasteiger partial charge in [-0.3, -0.25) is 4.79 Å². The molecular weight excluding hydrogens is 290 g/mol. The summed E-state index contributed by atoms with van der Waals surface area (Å²) in [6.07, 6.45) is 3.40. The number of hydrogen-bond acceptors (Lipinski definition) is 3. The quantitative estimate of drug-likeness (QED) is 0.944. The summed E-state index contributed by atoms with van der Waals surface area (Å²) in [7, 11) is 1.72. The number of ether oxygens (including phenoxy) is 1. The number of fused-ring (bicyclic) bond motifs is 1. The highest BCUT2D eigenvalue weighted by molar-refractivity contribution is 5.80. The maximum absolute atomic E-state index is 12.4. The number of likely N-dealkylation sites (tertiary alicyclic amines) is 1. The van der Waals surface area contributed by atoms with E-state index in [0.717, 1.165) is 36.2 Å². The fraction of sp³-hybridized carbons (Fsp3) is 0.556. The van der Waals surface area contributed by atoms with Gasteiger partial charge in [0.1, 0.15) is 5.82 Å². The van der Waals surface area contributed by atoms with Gasteiger partial charge in [0.25, 0.3) is 0 Å². The molecule has 0 radical (unpaired) electrons. The molecule has 5 heteroatoms. The average Bonchev–Trinajstić information content (AvgIpc) is 3.00. The van der Waals surface area contributed by atoms with E-state index >= 15 is 0 Å². The van der Waals surface area contributed by atoms with Crippen LogP contribution in [0.3, 0.4) is 0 Å². The Kier molecular flexibility index (Phi) is 4.66. The van der Waals surface area contributed by atoms with Gasteiger partial charge < -0.3 is 14.6 Å². The van der Waals surface area contributed by atoms with Crippen molar-refractivity contribution < 1.29 is 9.53 Å². The highest BCUT2D eigenvalue weighted by Gasteiger charge is 2.23. The van der Waals surface area contributed by atoms with Crippen LogP contribution in [0.2, 0.25) is 0 Å². The monoisotopic (exact) mass is 315 g/mol. The SMILES string of the molecule is CO[C@@H]1CCCN(C(=O)CCc2nc3c(C)c(C)ccc3[nH]2)C1. The number of H-pyrrole nitrogens is 1. The van der Waals surface area contributed by atoms with Gasteiger partial charge in [0.15, 0.2) is 0 Å². The molecule has 1 aromatic heterocycles. The van der Waals surface area contributed by atoms with E-state index in [4.69, 9.17) is 4.74 Å². The van der Waals surface area contributed by atoms with Gasteiger partial charge in [-0.25, -0.2) is 4.98 Å². The fourth-order valence-corrected chi connectivity index (χ4v) is 3.22. The predicted octanol–water partition coefficient (Wildman–Crippen LogP) is 2.75. The number of hydrogen-bond donors (Lipinski definition) is 1. The molecule has 23 heavy (non-hydrogen) atoms. The number of benzene rings is 1. The lowest BCUT2D eigenvalue weighted by atomic mass is 10.1. The second-order valence-electron chi connectivity index (χ2n) is 6.43. The summed E-state index contributed by atoms with van der Waals surface area (Å²) in [6, 6.07) is 4.16. The minimum Gasteiger partial charge on any atom is -0.380 e. The Labute approximate surface area is 137 Å². The summed E-state index contributed by atoms with van der Waals surface area (Å²) in [5.74, 6) is 1.09. The van der Waals surface area contributed by atoms with Crippen molar-refractivity contribution in [3.05, 3.63) is 29.1 Å². The molecule has 1 aliphatic heterocycles. The maximum atomic E-state index is 12.4. The van der Waals surface area contributed by atoms with E-state index in [9.17, 15) is 4.79 Å². The Morgan fingerprint density at radius 2 is 2.26 bits per heavy atom. The molecule has 1 aromatic carbocycles. The lowest BCUT2D eigenvalue weighted by Gasteiger charge is -2.31. The Bertz CT molecular complexity index is 708. The molecule has 0 bridgehead atoms. The minimum absolute atomic E-state index is 0.185. The number of piperidine rings is 1. The molecule has 5 nitrogen and oxygen atoms in total. The zero-order valence-electron chi connectivity index (χ0n) is 14.2. The van der Waals surface area contributed by atoms with E-state index in [0.29, 0.717) is 19.4 Å². The first-order valence-corrected chi connectivity index (χ1v) is 8.34. The van der Waals surface area contributed by atoms with Gasteiger partial charge >= 0.3 is 0 Å². The molecular formula is C18H25N3O2. The van der Waals surface area contributed by atoms with Crippen LogP contribution in [0.15, 0.2) is 12.1 Å². The van der Waals surface area contributed by atoms with Crippen LogP contribution >= 0.6 is 0 Å². The van der Waals surface area contributed by atoms with Crippen LogP contribution in [0.25, 0.3) is 11.0 Å². The summed E-state index contributed by atoms with van der Waals surface area (Å²) in [5.41, 5.74) is 4.51. The molecule has 1 fully saturated rings. The van der Waals surface area contributed by atoms with Crippen LogP contribution < -0.4 is 0 Å². The molecule has 0 spiro atoms. The summed E-state index contributed by atoms with van der Waals surface area (Å²) < 4.78 is 5.39. The third-order valence-corrected chi connectivity index (χ3v) is 4.87. The second-order valence-corrected chi connectivity index (χ2v) is 6.43. The zero-order valence-corrected chi connectivity index (χ0v) is 14.2. The summed E-state index contributed by atoms with van der Waals surface area (Å²) in [4.78, 5) is 22.3. The minimum atomic E-state index is 0.185. The number of nitrogens with one attached hydrogen (secondary N) is 1. The molecule has 3 rings (SSSR count). The van der Waals surface area contributed by atoms with Gasteiger partial charge in [0.05, 0.1) is 17.1 Å². The first-order valence-electron chi connectivity index (χ1n) is 8.34. The van der Waals surface area contributed by atoms with Gasteiger partial charge in [0, 0.05) is 33.0 Å². The van der Waals surface area contributed by atoms with E-state index in [-0.39, 0.29) is 12.0 Å². The number of amides is 1. The number of nitrogens with zero attached hydrogens (tertiary/aromatic N) is 2. The van der Waals surface area contributed by atoms with Crippen LogP contribution in [0.4, 0.5) is 0 Å². The van der Waals surface area contributed by atoms with Crippen molar-refractivity contribution in [3.8, 4) is 0 Å². The van der Waals surface area contributed by atoms with Crippen molar-refractivity contribution >= 4 is 16.9 Å². The molecule has 2 aromatic rings. The number of methoxy groups -OCH3 is 1. The largest absolute Gasteiger partial charge is 0.380 e. The number of aryl methyl sites for hydroxylation is 3. The standard InChI is InChI=1S/C18H25N3O2/c1-12-6-7-15-18(13(12)2)20-16(19-15)8-9-17(22)21-10-4-5-14(11-21)23-3/h6-7,14H,4-5,8-11H2,1-3H3,(H,19,20)/t14-/m1/s1. The van der Waals surface area contributed by atoms with Gasteiger partial charge in [-0.2, -0.15) is 0 Å². The predicted molar refractivity (Wildman–Crippen MR) is 90.5 cm³/mol. The molecule has 0 unspecified atom stereocenters. The number of imidazole rings is 1. The van der Waals surface area contributed by atoms with Crippen molar-refractivity contribution in [2.75, 3.05) is 20.2 Å². The first kappa shape index (κ1) is 16.0. The topological polar surface area (TPSA) is 58.2 Å². The van der Waals surface area contributed by atoms with Crippen LogP contribution in [0.5, 0.6) is 0 Å². The number of carbonyl (C=O) groups is 1.